The van der Waals surface area contributed by atoms with Gasteiger partial charge in [-0.05, 0) is 42.0 Å². The molecule has 3 rings (SSSR count). The first-order valence-corrected chi connectivity index (χ1v) is 8.31. The maximum atomic E-state index is 6.02. The molecule has 24 heavy (non-hydrogen) atoms. The summed E-state index contributed by atoms with van der Waals surface area (Å²) in [6, 6.07) is 11.1. The molecule has 124 valence electrons. The third-order valence-electron chi connectivity index (χ3n) is 3.21. The number of aromatic nitrogens is 2. The summed E-state index contributed by atoms with van der Waals surface area (Å²) in [6.07, 6.45) is 3.48. The van der Waals surface area contributed by atoms with E-state index >= 15 is 0 Å². The molecule has 0 spiro atoms. The van der Waals surface area contributed by atoms with Crippen LogP contribution in [0, 0.1) is 0 Å². The molecule has 1 aromatic carbocycles. The van der Waals surface area contributed by atoms with E-state index in [0.717, 1.165) is 11.3 Å². The number of furan rings is 1. The molecule has 0 radical (unpaired) electrons. The monoisotopic (exact) mass is 380 g/mol. The topological polar surface area (TPSA) is 55.0 Å². The van der Waals surface area contributed by atoms with Gasteiger partial charge in [0.1, 0.15) is 5.76 Å². The summed E-state index contributed by atoms with van der Waals surface area (Å²) >= 11 is 17.2. The van der Waals surface area contributed by atoms with Crippen molar-refractivity contribution in [2.45, 2.75) is 13.1 Å². The highest BCUT2D eigenvalue weighted by atomic mass is 35.5. The van der Waals surface area contributed by atoms with Crippen molar-refractivity contribution in [2.75, 3.05) is 5.32 Å². The summed E-state index contributed by atoms with van der Waals surface area (Å²) < 4.78 is 7.02. The van der Waals surface area contributed by atoms with Crippen LogP contribution in [0.3, 0.4) is 0 Å². The lowest BCUT2D eigenvalue weighted by Gasteiger charge is -2.07. The molecule has 0 saturated heterocycles. The summed E-state index contributed by atoms with van der Waals surface area (Å²) in [5.41, 5.74) is 1.01. The highest BCUT2D eigenvalue weighted by molar-refractivity contribution is 7.80. The Kier molecular flexibility index (Phi) is 5.40. The lowest BCUT2D eigenvalue weighted by Crippen LogP contribution is -2.27. The molecule has 0 fully saturated rings. The van der Waals surface area contributed by atoms with E-state index < -0.39 is 0 Å². The molecule has 2 heterocycles. The van der Waals surface area contributed by atoms with Crippen molar-refractivity contribution in [3.8, 4) is 0 Å². The van der Waals surface area contributed by atoms with Gasteiger partial charge in [0.15, 0.2) is 10.9 Å². The highest BCUT2D eigenvalue weighted by Gasteiger charge is 2.05. The van der Waals surface area contributed by atoms with Crippen molar-refractivity contribution in [3.63, 3.8) is 0 Å². The van der Waals surface area contributed by atoms with Gasteiger partial charge < -0.3 is 15.1 Å². The van der Waals surface area contributed by atoms with Crippen LogP contribution in [0.1, 0.15) is 11.3 Å². The molecule has 0 aliphatic heterocycles. The molecule has 0 bridgehead atoms. The summed E-state index contributed by atoms with van der Waals surface area (Å²) in [5, 5.41) is 12.0. The van der Waals surface area contributed by atoms with E-state index in [1.165, 1.54) is 0 Å². The third kappa shape index (κ3) is 4.50. The van der Waals surface area contributed by atoms with E-state index in [4.69, 9.17) is 39.8 Å². The van der Waals surface area contributed by atoms with Crippen molar-refractivity contribution in [1.82, 2.24) is 15.1 Å². The molecule has 0 aliphatic carbocycles. The molecule has 0 atom stereocenters. The standard InChI is InChI=1S/C16H14Cl2N4OS/c17-13-4-3-11(8-14(13)18)10-22-6-5-15(21-22)20-16(24)19-9-12-2-1-7-23-12/h1-8H,9-10H2,(H2,19,20,21,24). The molecule has 3 aromatic rings. The number of hydrogen-bond acceptors (Lipinski definition) is 3. The number of nitrogens with one attached hydrogen (secondary N) is 2. The van der Waals surface area contributed by atoms with Crippen molar-refractivity contribution in [3.05, 3.63) is 70.2 Å². The second-order valence-corrected chi connectivity index (χ2v) is 6.26. The Labute approximate surface area is 154 Å². The average Bonchev–Trinajstić information content (AvgIpc) is 3.21. The zero-order valence-electron chi connectivity index (χ0n) is 12.5. The Hall–Kier alpha value is -2.02. The first kappa shape index (κ1) is 16.8. The number of rotatable bonds is 5. The lowest BCUT2D eigenvalue weighted by molar-refractivity contribution is 0.503. The van der Waals surface area contributed by atoms with Crippen molar-refractivity contribution < 1.29 is 4.42 Å². The van der Waals surface area contributed by atoms with Crippen LogP contribution in [-0.2, 0) is 13.1 Å². The van der Waals surface area contributed by atoms with Crippen molar-refractivity contribution in [1.29, 1.82) is 0 Å². The van der Waals surface area contributed by atoms with Crippen LogP contribution < -0.4 is 10.6 Å². The largest absolute Gasteiger partial charge is 0.467 e. The summed E-state index contributed by atoms with van der Waals surface area (Å²) in [5.74, 6) is 1.47. The fraction of sp³-hybridized carbons (Fsp3) is 0.125. The Balaban J connectivity index is 1.54. The first-order valence-electron chi connectivity index (χ1n) is 7.15. The van der Waals surface area contributed by atoms with E-state index in [-0.39, 0.29) is 0 Å². The molecule has 2 aromatic heterocycles. The van der Waals surface area contributed by atoms with E-state index in [1.807, 2.05) is 36.5 Å². The molecule has 5 nitrogen and oxygen atoms in total. The van der Waals surface area contributed by atoms with Crippen LogP contribution in [0.25, 0.3) is 0 Å². The van der Waals surface area contributed by atoms with Gasteiger partial charge in [-0.25, -0.2) is 0 Å². The van der Waals surface area contributed by atoms with E-state index in [2.05, 4.69) is 15.7 Å². The van der Waals surface area contributed by atoms with Gasteiger partial charge >= 0.3 is 0 Å². The fourth-order valence-electron chi connectivity index (χ4n) is 2.08. The molecule has 0 aliphatic rings. The summed E-state index contributed by atoms with van der Waals surface area (Å²) in [6.45, 7) is 1.11. The zero-order chi connectivity index (χ0) is 16.9. The second-order valence-electron chi connectivity index (χ2n) is 5.03. The lowest BCUT2D eigenvalue weighted by atomic mass is 10.2. The van der Waals surface area contributed by atoms with Crippen LogP contribution >= 0.6 is 35.4 Å². The Morgan fingerprint density at radius 2 is 2.08 bits per heavy atom. The van der Waals surface area contributed by atoms with Crippen LogP contribution in [-0.4, -0.2) is 14.9 Å². The van der Waals surface area contributed by atoms with E-state index in [9.17, 15) is 0 Å². The molecular formula is C16H14Cl2N4OS. The second kappa shape index (κ2) is 7.70. The quantitative estimate of drug-likeness (QED) is 0.645. The van der Waals surface area contributed by atoms with E-state index in [1.54, 1.807) is 17.0 Å². The predicted molar refractivity (Wildman–Crippen MR) is 99.6 cm³/mol. The molecule has 0 amide bonds. The van der Waals surface area contributed by atoms with Gasteiger partial charge in [0.05, 0.1) is 29.4 Å². The van der Waals surface area contributed by atoms with Crippen molar-refractivity contribution in [2.24, 2.45) is 0 Å². The molecule has 8 heteroatoms. The minimum atomic E-state index is 0.478. The van der Waals surface area contributed by atoms with Gasteiger partial charge in [0.25, 0.3) is 0 Å². The predicted octanol–water partition coefficient (Wildman–Crippen LogP) is 4.32. The number of anilines is 1. The molecule has 0 unspecified atom stereocenters. The Morgan fingerprint density at radius 1 is 1.21 bits per heavy atom. The van der Waals surface area contributed by atoms with E-state index in [0.29, 0.717) is 34.1 Å². The van der Waals surface area contributed by atoms with Gasteiger partial charge in [-0.1, -0.05) is 29.3 Å². The average molecular weight is 381 g/mol. The normalized spacial score (nSPS) is 10.6. The molecule has 0 saturated carbocycles. The smallest absolute Gasteiger partial charge is 0.172 e. The summed E-state index contributed by atoms with van der Waals surface area (Å²) in [4.78, 5) is 0. The van der Waals surface area contributed by atoms with Gasteiger partial charge in [0.2, 0.25) is 0 Å². The third-order valence-corrected chi connectivity index (χ3v) is 4.20. The van der Waals surface area contributed by atoms with Gasteiger partial charge in [-0.3, -0.25) is 4.68 Å². The number of thiocarbonyl (C=S) groups is 1. The SMILES string of the molecule is S=C(NCc1ccco1)Nc1ccn(Cc2ccc(Cl)c(Cl)c2)n1. The van der Waals surface area contributed by atoms with Crippen LogP contribution in [0.4, 0.5) is 5.82 Å². The van der Waals surface area contributed by atoms with Gasteiger partial charge in [0, 0.05) is 12.3 Å². The first-order chi connectivity index (χ1) is 11.6. The van der Waals surface area contributed by atoms with Crippen LogP contribution in [0.2, 0.25) is 10.0 Å². The van der Waals surface area contributed by atoms with Crippen LogP contribution in [0.15, 0.2) is 53.3 Å². The van der Waals surface area contributed by atoms with Crippen molar-refractivity contribution >= 4 is 46.4 Å². The minimum Gasteiger partial charge on any atom is -0.467 e. The number of benzene rings is 1. The molecule has 2 N–H and O–H groups in total. The number of halogens is 2. The summed E-state index contributed by atoms with van der Waals surface area (Å²) in [7, 11) is 0. The number of hydrogen-bond donors (Lipinski definition) is 2. The maximum Gasteiger partial charge on any atom is 0.172 e. The van der Waals surface area contributed by atoms with Gasteiger partial charge in [-0.15, -0.1) is 0 Å². The zero-order valence-corrected chi connectivity index (χ0v) is 14.8. The van der Waals surface area contributed by atoms with Gasteiger partial charge in [-0.2, -0.15) is 5.10 Å². The van der Waals surface area contributed by atoms with Crippen LogP contribution in [0.5, 0.6) is 0 Å². The Bertz CT molecular complexity index is 832. The maximum absolute atomic E-state index is 6.02. The Morgan fingerprint density at radius 3 is 2.83 bits per heavy atom. The fourth-order valence-corrected chi connectivity index (χ4v) is 2.58. The highest BCUT2D eigenvalue weighted by Crippen LogP contribution is 2.23. The minimum absolute atomic E-state index is 0.478. The number of nitrogens with zero attached hydrogens (tertiary/aromatic N) is 2. The molecular weight excluding hydrogens is 367 g/mol.